The van der Waals surface area contributed by atoms with Crippen LogP contribution in [0.4, 0.5) is 42.2 Å². The zero-order valence-corrected chi connectivity index (χ0v) is 22.0. The number of hydrogen-bond acceptors (Lipinski definition) is 8. The van der Waals surface area contributed by atoms with Gasteiger partial charge in [-0.2, -0.15) is 21.6 Å². The monoisotopic (exact) mass is 612 g/mol. The normalized spacial score (nSPS) is 14.1. The van der Waals surface area contributed by atoms with Gasteiger partial charge in [0.1, 0.15) is 23.3 Å². The Hall–Kier alpha value is -3.44. The molecule has 0 radical (unpaired) electrons. The number of alkyl halides is 3. The van der Waals surface area contributed by atoms with E-state index in [9.17, 15) is 35.2 Å². The third-order valence-corrected chi connectivity index (χ3v) is 8.12. The Morgan fingerprint density at radius 1 is 1.05 bits per heavy atom. The molecule has 0 saturated carbocycles. The fourth-order valence-electron chi connectivity index (χ4n) is 3.81. The van der Waals surface area contributed by atoms with Gasteiger partial charge < -0.3 is 9.74 Å². The number of carbonyl (C=O) groups excluding carboxylic acids is 1. The molecule has 0 aliphatic carbocycles. The second kappa shape index (κ2) is 11.2. The van der Waals surface area contributed by atoms with Crippen molar-refractivity contribution in [3.63, 3.8) is 0 Å². The molecule has 2 heterocycles. The van der Waals surface area contributed by atoms with E-state index < -0.39 is 60.6 Å². The van der Waals surface area contributed by atoms with E-state index in [1.54, 1.807) is 0 Å². The number of anilines is 2. The first-order valence-electron chi connectivity index (χ1n) is 11.3. The minimum absolute atomic E-state index is 0.0528. The van der Waals surface area contributed by atoms with Gasteiger partial charge in [0.2, 0.25) is 0 Å². The average Bonchev–Trinajstić information content (AvgIpc) is 3.36. The first-order chi connectivity index (χ1) is 18.7. The van der Waals surface area contributed by atoms with Gasteiger partial charge in [0, 0.05) is 42.3 Å². The summed E-state index contributed by atoms with van der Waals surface area (Å²) < 4.78 is 123. The van der Waals surface area contributed by atoms with Crippen LogP contribution in [0.2, 0.25) is 0 Å². The number of nitrogens with zero attached hydrogens (tertiary/aromatic N) is 4. The second-order valence-corrected chi connectivity index (χ2v) is 11.1. The molecule has 0 bridgehead atoms. The minimum Gasteiger partial charge on any atom is -0.370 e. The van der Waals surface area contributed by atoms with Gasteiger partial charge in [-0.25, -0.2) is 27.3 Å². The largest absolute Gasteiger partial charge is 0.493 e. The molecule has 1 aromatic heterocycles. The molecule has 8 nitrogen and oxygen atoms in total. The van der Waals surface area contributed by atoms with Crippen molar-refractivity contribution in [2.75, 3.05) is 29.5 Å². The Balaban J connectivity index is 1.67. The molecule has 0 atom stereocenters. The number of benzene rings is 2. The summed E-state index contributed by atoms with van der Waals surface area (Å²) in [6.07, 6.45) is -4.75. The molecule has 1 aliphatic heterocycles. The van der Waals surface area contributed by atoms with Gasteiger partial charge in [0.25, 0.3) is 0 Å². The lowest BCUT2D eigenvalue weighted by Crippen LogP contribution is -2.39. The van der Waals surface area contributed by atoms with Gasteiger partial charge in [-0.1, -0.05) is 4.47 Å². The second-order valence-electron chi connectivity index (χ2n) is 8.67. The van der Waals surface area contributed by atoms with Crippen LogP contribution >= 0.6 is 11.3 Å². The maximum absolute atomic E-state index is 15.1. The lowest BCUT2D eigenvalue weighted by atomic mass is 10.0. The SMILES string of the molecule is CN(Cc1c(F)ccc(F)c1CN1CCC1)c1cc(F)c(S(=O)(=O)N(OC(=O)C(F)(F)F)c2cscn2)c(F)c1. The van der Waals surface area contributed by atoms with E-state index in [0.29, 0.717) is 36.6 Å². The third-order valence-electron chi connectivity index (χ3n) is 5.95. The van der Waals surface area contributed by atoms with Crippen molar-refractivity contribution in [2.45, 2.75) is 30.6 Å². The van der Waals surface area contributed by atoms with Gasteiger partial charge in [0.15, 0.2) is 10.7 Å². The Bertz CT molecular complexity index is 1490. The van der Waals surface area contributed by atoms with E-state index in [4.69, 9.17) is 0 Å². The molecule has 1 fully saturated rings. The van der Waals surface area contributed by atoms with Crippen molar-refractivity contribution in [3.8, 4) is 0 Å². The summed E-state index contributed by atoms with van der Waals surface area (Å²) in [5.41, 5.74) is 0.643. The Labute approximate surface area is 227 Å². The fraction of sp³-hybridized carbons (Fsp3) is 0.304. The van der Waals surface area contributed by atoms with Crippen molar-refractivity contribution in [1.29, 1.82) is 0 Å². The van der Waals surface area contributed by atoms with Crippen LogP contribution in [0, 0.1) is 23.3 Å². The molecule has 0 N–H and O–H groups in total. The van der Waals surface area contributed by atoms with Crippen LogP contribution in [0.5, 0.6) is 0 Å². The molecule has 216 valence electrons. The molecular weight excluding hydrogens is 593 g/mol. The van der Waals surface area contributed by atoms with Crippen LogP contribution in [0.25, 0.3) is 0 Å². The van der Waals surface area contributed by atoms with E-state index >= 15 is 8.78 Å². The summed E-state index contributed by atoms with van der Waals surface area (Å²) >= 11 is 0.697. The molecule has 17 heteroatoms. The zero-order valence-electron chi connectivity index (χ0n) is 20.4. The summed E-state index contributed by atoms with van der Waals surface area (Å²) in [4.78, 5) is 20.0. The number of aromatic nitrogens is 1. The molecule has 2 aromatic carbocycles. The van der Waals surface area contributed by atoms with Crippen molar-refractivity contribution in [1.82, 2.24) is 9.88 Å². The van der Waals surface area contributed by atoms with Crippen LogP contribution in [0.15, 0.2) is 40.1 Å². The smallest absolute Gasteiger partial charge is 0.370 e. The predicted octanol–water partition coefficient (Wildman–Crippen LogP) is 4.76. The van der Waals surface area contributed by atoms with Crippen molar-refractivity contribution >= 4 is 38.8 Å². The van der Waals surface area contributed by atoms with E-state index in [0.717, 1.165) is 34.3 Å². The fourth-order valence-corrected chi connectivity index (χ4v) is 5.67. The molecule has 0 spiro atoms. The summed E-state index contributed by atoms with van der Waals surface area (Å²) in [5.74, 6) is -8.80. The van der Waals surface area contributed by atoms with E-state index in [2.05, 4.69) is 9.82 Å². The highest BCUT2D eigenvalue weighted by Gasteiger charge is 2.46. The average molecular weight is 613 g/mol. The summed E-state index contributed by atoms with van der Waals surface area (Å²) in [5, 5.41) is 0.866. The number of carbonyl (C=O) groups is 1. The number of sulfonamides is 1. The number of halogens is 7. The highest BCUT2D eigenvalue weighted by atomic mass is 32.2. The van der Waals surface area contributed by atoms with Crippen molar-refractivity contribution in [2.24, 2.45) is 0 Å². The van der Waals surface area contributed by atoms with Crippen molar-refractivity contribution in [3.05, 3.63) is 69.6 Å². The number of rotatable bonds is 9. The molecule has 40 heavy (non-hydrogen) atoms. The van der Waals surface area contributed by atoms with Gasteiger partial charge in [-0.05, 0) is 43.8 Å². The molecule has 3 aromatic rings. The van der Waals surface area contributed by atoms with Gasteiger partial charge in [0.05, 0.1) is 5.51 Å². The first-order valence-corrected chi connectivity index (χ1v) is 13.7. The molecule has 1 saturated heterocycles. The highest BCUT2D eigenvalue weighted by molar-refractivity contribution is 7.92. The lowest BCUT2D eigenvalue weighted by Gasteiger charge is -2.32. The topological polar surface area (TPSA) is 83.0 Å². The molecule has 0 amide bonds. The maximum atomic E-state index is 15.1. The van der Waals surface area contributed by atoms with Crippen LogP contribution in [0.1, 0.15) is 17.5 Å². The number of hydrogen-bond donors (Lipinski definition) is 0. The quantitative estimate of drug-likeness (QED) is 0.255. The molecule has 4 rings (SSSR count). The number of thiazole rings is 1. The van der Waals surface area contributed by atoms with Crippen LogP contribution in [-0.2, 0) is 32.7 Å². The predicted molar refractivity (Wildman–Crippen MR) is 129 cm³/mol. The highest BCUT2D eigenvalue weighted by Crippen LogP contribution is 2.33. The number of likely N-dealkylation sites (tertiary alicyclic amines) is 1. The van der Waals surface area contributed by atoms with Gasteiger partial charge >= 0.3 is 22.2 Å². The summed E-state index contributed by atoms with van der Waals surface area (Å²) in [6, 6.07) is 2.94. The standard InChI is InChI=1S/C23H19F7N4O4S2/c1-32(9-14-15(10-33-5-2-6-33)17(25)4-3-16(14)24)13-7-18(26)21(19(27)8-13)40(36,37)34(20-11-39-12-31-20)38-22(35)23(28,29)30/h3-4,7-8,11-12H,2,5-6,9-10H2,1H3. The summed E-state index contributed by atoms with van der Waals surface area (Å²) in [7, 11) is -4.34. The maximum Gasteiger partial charge on any atom is 0.493 e. The molecule has 0 unspecified atom stereocenters. The van der Waals surface area contributed by atoms with Gasteiger partial charge in [-0.3, -0.25) is 4.90 Å². The zero-order chi connectivity index (χ0) is 29.4. The third kappa shape index (κ3) is 6.00. The first kappa shape index (κ1) is 29.5. The molecular formula is C23H19F7N4O4S2. The Kier molecular flexibility index (Phi) is 8.28. The van der Waals surface area contributed by atoms with Crippen LogP contribution in [-0.4, -0.2) is 50.6 Å². The van der Waals surface area contributed by atoms with Gasteiger partial charge in [-0.15, -0.1) is 11.3 Å². The lowest BCUT2D eigenvalue weighted by molar-refractivity contribution is -0.199. The van der Waals surface area contributed by atoms with Crippen LogP contribution < -0.4 is 9.37 Å². The summed E-state index contributed by atoms with van der Waals surface area (Å²) in [6.45, 7) is 1.11. The van der Waals surface area contributed by atoms with Crippen molar-refractivity contribution < 1.29 is 48.8 Å². The van der Waals surface area contributed by atoms with E-state index in [1.165, 1.54) is 7.05 Å². The van der Waals surface area contributed by atoms with E-state index in [1.807, 2.05) is 4.90 Å². The Morgan fingerprint density at radius 3 is 2.15 bits per heavy atom. The Morgan fingerprint density at radius 2 is 1.65 bits per heavy atom. The van der Waals surface area contributed by atoms with E-state index in [-0.39, 0.29) is 29.9 Å². The molecule has 1 aliphatic rings. The minimum atomic E-state index is -5.64. The van der Waals surface area contributed by atoms with Crippen LogP contribution in [0.3, 0.4) is 0 Å².